The summed E-state index contributed by atoms with van der Waals surface area (Å²) in [5.74, 6) is 0. The highest BCUT2D eigenvalue weighted by Crippen LogP contribution is 2.39. The van der Waals surface area contributed by atoms with Crippen LogP contribution in [0.4, 0.5) is 0 Å². The zero-order valence-electron chi connectivity index (χ0n) is 22.8. The Kier molecular flexibility index (Phi) is 5.13. The molecule has 0 aliphatic heterocycles. The van der Waals surface area contributed by atoms with Crippen LogP contribution in [0.1, 0.15) is 0 Å². The number of fused-ring (bicyclic) bond motifs is 7. The maximum absolute atomic E-state index is 2.42. The average molecular weight is 552 g/mol. The molecule has 0 amide bonds. The smallest absolute Gasteiger partial charge is 0.0541 e. The third-order valence-electron chi connectivity index (χ3n) is 8.59. The molecule has 42 heavy (non-hydrogen) atoms. The van der Waals surface area contributed by atoms with Gasteiger partial charge >= 0.3 is 0 Å². The van der Waals surface area contributed by atoms with Crippen LogP contribution in [0.2, 0.25) is 0 Å². The lowest BCUT2D eigenvalue weighted by Gasteiger charge is -2.12. The van der Waals surface area contributed by atoms with Crippen molar-refractivity contribution in [3.05, 3.63) is 152 Å². The maximum Gasteiger partial charge on any atom is 0.0541 e. The lowest BCUT2D eigenvalue weighted by Crippen LogP contribution is -1.94. The summed E-state index contributed by atoms with van der Waals surface area (Å²) in [6.45, 7) is 0. The number of nitrogens with zero attached hydrogens (tertiary/aromatic N) is 1. The summed E-state index contributed by atoms with van der Waals surface area (Å²) in [5, 5.41) is 7.75. The maximum atomic E-state index is 2.42. The van der Waals surface area contributed by atoms with Crippen molar-refractivity contribution < 1.29 is 0 Å². The molecule has 1 nitrogen and oxygen atoms in total. The van der Waals surface area contributed by atoms with Gasteiger partial charge in [0.25, 0.3) is 0 Å². The largest absolute Gasteiger partial charge is 0.309 e. The molecule has 0 saturated carbocycles. The molecule has 0 radical (unpaired) electrons. The first-order chi connectivity index (χ1) is 20.8. The van der Waals surface area contributed by atoms with Crippen LogP contribution in [0.15, 0.2) is 152 Å². The van der Waals surface area contributed by atoms with E-state index in [0.29, 0.717) is 0 Å². The van der Waals surface area contributed by atoms with Gasteiger partial charge < -0.3 is 4.57 Å². The van der Waals surface area contributed by atoms with Crippen molar-refractivity contribution in [2.75, 3.05) is 0 Å². The minimum Gasteiger partial charge on any atom is -0.309 e. The number of thiophene rings is 1. The number of aromatic nitrogens is 1. The molecule has 0 saturated heterocycles. The van der Waals surface area contributed by atoms with Gasteiger partial charge in [-0.25, -0.2) is 0 Å². The Labute approximate surface area is 247 Å². The molecule has 2 heterocycles. The SMILES string of the molecule is c1cc(-c2cccc3ccccc23)cc(-n2c3ccccc3c3cc(-c4ccc5sc6ccccc6c5c4)ccc32)c1. The van der Waals surface area contributed by atoms with Crippen molar-refractivity contribution in [3.8, 4) is 27.9 Å². The molecule has 9 aromatic rings. The van der Waals surface area contributed by atoms with Crippen molar-refractivity contribution in [1.82, 2.24) is 4.57 Å². The molecule has 196 valence electrons. The zero-order chi connectivity index (χ0) is 27.6. The standard InChI is InChI=1S/C40H25NS/c1-2-13-31-26(9-1)10-8-16-32(31)29-11-7-12-30(23-29)41-37-17-5-3-14-33(37)35-24-27(19-21-38(35)41)28-20-22-40-36(25-28)34-15-4-6-18-39(34)42-40/h1-25H. The Hall–Kier alpha value is -5.18. The monoisotopic (exact) mass is 551 g/mol. The van der Waals surface area contributed by atoms with E-state index in [1.165, 1.54) is 80.7 Å². The summed E-state index contributed by atoms with van der Waals surface area (Å²) in [5.41, 5.74) is 8.59. The number of benzene rings is 7. The second-order valence-electron chi connectivity index (χ2n) is 11.0. The lowest BCUT2D eigenvalue weighted by molar-refractivity contribution is 1.18. The van der Waals surface area contributed by atoms with Crippen LogP contribution in [-0.4, -0.2) is 4.57 Å². The summed E-state index contributed by atoms with van der Waals surface area (Å²) in [6.07, 6.45) is 0. The molecule has 0 atom stereocenters. The second kappa shape index (κ2) is 9.17. The lowest BCUT2D eigenvalue weighted by atomic mass is 9.98. The Morgan fingerprint density at radius 1 is 0.381 bits per heavy atom. The number of para-hydroxylation sites is 1. The van der Waals surface area contributed by atoms with Gasteiger partial charge in [0.15, 0.2) is 0 Å². The molecule has 0 spiro atoms. The normalized spacial score (nSPS) is 11.8. The van der Waals surface area contributed by atoms with Crippen molar-refractivity contribution in [1.29, 1.82) is 0 Å². The first kappa shape index (κ1) is 23.5. The van der Waals surface area contributed by atoms with E-state index in [0.717, 1.165) is 0 Å². The first-order valence-electron chi connectivity index (χ1n) is 14.4. The fraction of sp³-hybridized carbons (Fsp3) is 0. The third-order valence-corrected chi connectivity index (χ3v) is 9.74. The van der Waals surface area contributed by atoms with Gasteiger partial charge in [-0.1, -0.05) is 103 Å². The van der Waals surface area contributed by atoms with Crippen LogP contribution >= 0.6 is 11.3 Å². The van der Waals surface area contributed by atoms with E-state index in [9.17, 15) is 0 Å². The molecule has 9 rings (SSSR count). The topological polar surface area (TPSA) is 4.93 Å². The molecule has 0 aliphatic rings. The van der Waals surface area contributed by atoms with Crippen LogP contribution in [0.25, 0.3) is 80.7 Å². The van der Waals surface area contributed by atoms with Gasteiger partial charge in [0.1, 0.15) is 0 Å². The second-order valence-corrected chi connectivity index (χ2v) is 12.1. The van der Waals surface area contributed by atoms with Gasteiger partial charge in [-0.05, 0) is 81.6 Å². The van der Waals surface area contributed by atoms with Crippen molar-refractivity contribution in [3.63, 3.8) is 0 Å². The summed E-state index contributed by atoms with van der Waals surface area (Å²) < 4.78 is 5.09. The van der Waals surface area contributed by atoms with Gasteiger partial charge in [-0.15, -0.1) is 11.3 Å². The average Bonchev–Trinajstić information content (AvgIpc) is 3.59. The number of hydrogen-bond acceptors (Lipinski definition) is 1. The van der Waals surface area contributed by atoms with Crippen molar-refractivity contribution in [2.24, 2.45) is 0 Å². The highest BCUT2D eigenvalue weighted by Gasteiger charge is 2.15. The highest BCUT2D eigenvalue weighted by molar-refractivity contribution is 7.25. The highest BCUT2D eigenvalue weighted by atomic mass is 32.1. The molecule has 0 aliphatic carbocycles. The van der Waals surface area contributed by atoms with Crippen molar-refractivity contribution >= 4 is 64.1 Å². The van der Waals surface area contributed by atoms with E-state index < -0.39 is 0 Å². The predicted octanol–water partition coefficient (Wildman–Crippen LogP) is 11.6. The molecular weight excluding hydrogens is 527 g/mol. The van der Waals surface area contributed by atoms with Gasteiger partial charge in [0.05, 0.1) is 11.0 Å². The number of hydrogen-bond donors (Lipinski definition) is 0. The minimum atomic E-state index is 1.17. The van der Waals surface area contributed by atoms with Crippen LogP contribution in [-0.2, 0) is 0 Å². The Morgan fingerprint density at radius 3 is 1.98 bits per heavy atom. The summed E-state index contributed by atoms with van der Waals surface area (Å²) in [7, 11) is 0. The van der Waals surface area contributed by atoms with Crippen LogP contribution in [0.3, 0.4) is 0 Å². The molecule has 0 N–H and O–H groups in total. The van der Waals surface area contributed by atoms with Gasteiger partial charge in [0.2, 0.25) is 0 Å². The summed E-state index contributed by atoms with van der Waals surface area (Å²) in [6, 6.07) is 55.5. The third kappa shape index (κ3) is 3.56. The van der Waals surface area contributed by atoms with Gasteiger partial charge in [0, 0.05) is 36.6 Å². The predicted molar refractivity (Wildman–Crippen MR) is 182 cm³/mol. The number of rotatable bonds is 3. The van der Waals surface area contributed by atoms with Crippen LogP contribution in [0, 0.1) is 0 Å². The zero-order valence-corrected chi connectivity index (χ0v) is 23.6. The quantitative estimate of drug-likeness (QED) is 0.206. The molecule has 2 aromatic heterocycles. The van der Waals surface area contributed by atoms with E-state index in [1.807, 2.05) is 11.3 Å². The fourth-order valence-corrected chi connectivity index (χ4v) is 7.71. The van der Waals surface area contributed by atoms with Crippen LogP contribution in [0.5, 0.6) is 0 Å². The van der Waals surface area contributed by atoms with Gasteiger partial charge in [-0.3, -0.25) is 0 Å². The molecule has 2 heteroatoms. The Morgan fingerprint density at radius 2 is 1.05 bits per heavy atom. The van der Waals surface area contributed by atoms with Crippen LogP contribution < -0.4 is 0 Å². The first-order valence-corrected chi connectivity index (χ1v) is 15.2. The Balaban J connectivity index is 1.23. The summed E-state index contributed by atoms with van der Waals surface area (Å²) >= 11 is 1.87. The fourth-order valence-electron chi connectivity index (χ4n) is 6.63. The minimum absolute atomic E-state index is 1.17. The van der Waals surface area contributed by atoms with E-state index in [1.54, 1.807) is 0 Å². The molecular formula is C40H25NS. The van der Waals surface area contributed by atoms with E-state index in [-0.39, 0.29) is 0 Å². The van der Waals surface area contributed by atoms with E-state index in [4.69, 9.17) is 0 Å². The van der Waals surface area contributed by atoms with Crippen molar-refractivity contribution in [2.45, 2.75) is 0 Å². The molecule has 0 bridgehead atoms. The molecule has 7 aromatic carbocycles. The molecule has 0 fully saturated rings. The molecule has 0 unspecified atom stereocenters. The Bertz CT molecular complexity index is 2470. The van der Waals surface area contributed by atoms with Gasteiger partial charge in [-0.2, -0.15) is 0 Å². The summed E-state index contributed by atoms with van der Waals surface area (Å²) in [4.78, 5) is 0. The van der Waals surface area contributed by atoms with E-state index in [2.05, 4.69) is 156 Å². The van der Waals surface area contributed by atoms with E-state index >= 15 is 0 Å².